The zero-order valence-corrected chi connectivity index (χ0v) is 20.3. The van der Waals surface area contributed by atoms with Crippen LogP contribution in [0.1, 0.15) is 24.0 Å². The van der Waals surface area contributed by atoms with Crippen LogP contribution in [0.4, 0.5) is 0 Å². The molecule has 0 aliphatic carbocycles. The van der Waals surface area contributed by atoms with Crippen molar-refractivity contribution in [3.63, 3.8) is 0 Å². The minimum Gasteiger partial charge on any atom is -0.493 e. The van der Waals surface area contributed by atoms with Gasteiger partial charge >= 0.3 is 0 Å². The third-order valence-electron chi connectivity index (χ3n) is 5.55. The third kappa shape index (κ3) is 9.21. The Labute approximate surface area is 202 Å². The highest BCUT2D eigenvalue weighted by atomic mass is 16.5. The van der Waals surface area contributed by atoms with Gasteiger partial charge < -0.3 is 40.5 Å². The summed E-state index contributed by atoms with van der Waals surface area (Å²) in [6, 6.07) is 12.1. The molecule has 8 heteroatoms. The summed E-state index contributed by atoms with van der Waals surface area (Å²) in [7, 11) is 0. The Balaban J connectivity index is 1.90. The molecule has 2 aromatic carbocycles. The summed E-state index contributed by atoms with van der Waals surface area (Å²) in [5.41, 5.74) is 4.34. The average Bonchev–Trinajstić information content (AvgIpc) is 2.85. The lowest BCUT2D eigenvalue weighted by Gasteiger charge is -2.17. The molecule has 2 rings (SSSR count). The van der Waals surface area contributed by atoms with Gasteiger partial charge in [0.1, 0.15) is 11.5 Å². The van der Waals surface area contributed by atoms with Crippen LogP contribution in [0, 0.1) is 13.8 Å². The molecular formula is C26H40N2O6. The fourth-order valence-electron chi connectivity index (χ4n) is 3.55. The fourth-order valence-corrected chi connectivity index (χ4v) is 3.55. The van der Waals surface area contributed by atoms with E-state index in [2.05, 4.69) is 36.6 Å². The van der Waals surface area contributed by atoms with Crippen LogP contribution < -0.4 is 20.1 Å². The number of aliphatic hydroxyl groups is 4. The van der Waals surface area contributed by atoms with E-state index in [1.165, 1.54) is 0 Å². The summed E-state index contributed by atoms with van der Waals surface area (Å²) in [5.74, 6) is 1.68. The van der Waals surface area contributed by atoms with E-state index in [1.807, 2.05) is 24.3 Å². The molecule has 0 spiro atoms. The molecular weight excluding hydrogens is 436 g/mol. The maximum Gasteiger partial charge on any atom is 0.122 e. The number of benzene rings is 2. The van der Waals surface area contributed by atoms with Gasteiger partial charge in [-0.1, -0.05) is 24.3 Å². The van der Waals surface area contributed by atoms with Crippen molar-refractivity contribution < 1.29 is 29.9 Å². The molecule has 2 unspecified atom stereocenters. The van der Waals surface area contributed by atoms with Crippen LogP contribution in [0.25, 0.3) is 11.1 Å². The predicted octanol–water partition coefficient (Wildman–Crippen LogP) is 1.39. The topological polar surface area (TPSA) is 123 Å². The zero-order chi connectivity index (χ0) is 24.8. The van der Waals surface area contributed by atoms with E-state index >= 15 is 0 Å². The molecule has 0 saturated heterocycles. The Hall–Kier alpha value is -2.20. The molecule has 0 aliphatic rings. The van der Waals surface area contributed by atoms with Gasteiger partial charge in [-0.05, 0) is 74.2 Å². The molecule has 0 heterocycles. The largest absolute Gasteiger partial charge is 0.493 e. The van der Waals surface area contributed by atoms with Gasteiger partial charge in [0.25, 0.3) is 0 Å². The second-order valence-electron chi connectivity index (χ2n) is 8.34. The lowest BCUT2D eigenvalue weighted by molar-refractivity contribution is 0.0942. The van der Waals surface area contributed by atoms with Gasteiger partial charge in [0.05, 0.1) is 38.6 Å². The Bertz CT molecular complexity index is 779. The highest BCUT2D eigenvalue weighted by Crippen LogP contribution is 2.35. The second-order valence-corrected chi connectivity index (χ2v) is 8.34. The van der Waals surface area contributed by atoms with Crippen molar-refractivity contribution in [2.75, 3.05) is 52.6 Å². The Morgan fingerprint density at radius 2 is 1.12 bits per heavy atom. The maximum absolute atomic E-state index is 9.35. The van der Waals surface area contributed by atoms with Gasteiger partial charge in [0.2, 0.25) is 0 Å². The molecule has 0 amide bonds. The van der Waals surface area contributed by atoms with Crippen LogP contribution in [0.2, 0.25) is 0 Å². The molecule has 0 aromatic heterocycles. The monoisotopic (exact) mass is 476 g/mol. The molecule has 8 nitrogen and oxygen atoms in total. The van der Waals surface area contributed by atoms with Crippen molar-refractivity contribution in [1.82, 2.24) is 10.6 Å². The molecule has 6 N–H and O–H groups in total. The van der Waals surface area contributed by atoms with Crippen molar-refractivity contribution in [3.8, 4) is 22.6 Å². The first-order chi connectivity index (χ1) is 16.5. The Morgan fingerprint density at radius 1 is 0.706 bits per heavy atom. The Kier molecular flexibility index (Phi) is 12.9. The van der Waals surface area contributed by atoms with Crippen molar-refractivity contribution in [1.29, 1.82) is 0 Å². The zero-order valence-electron chi connectivity index (χ0n) is 20.3. The van der Waals surface area contributed by atoms with Gasteiger partial charge in [-0.2, -0.15) is 0 Å². The summed E-state index contributed by atoms with van der Waals surface area (Å²) in [4.78, 5) is 0. The molecule has 34 heavy (non-hydrogen) atoms. The summed E-state index contributed by atoms with van der Waals surface area (Å²) in [5, 5.41) is 42.5. The molecule has 0 bridgehead atoms. The molecule has 190 valence electrons. The first-order valence-electron chi connectivity index (χ1n) is 11.9. The van der Waals surface area contributed by atoms with Crippen LogP contribution in [0.15, 0.2) is 36.4 Å². The number of aliphatic hydroxyl groups excluding tert-OH is 4. The van der Waals surface area contributed by atoms with Crippen molar-refractivity contribution in [3.05, 3.63) is 47.5 Å². The van der Waals surface area contributed by atoms with E-state index in [-0.39, 0.29) is 13.2 Å². The molecule has 0 saturated carbocycles. The van der Waals surface area contributed by atoms with Crippen LogP contribution in [-0.4, -0.2) is 85.2 Å². The molecule has 0 fully saturated rings. The van der Waals surface area contributed by atoms with Crippen molar-refractivity contribution >= 4 is 0 Å². The van der Waals surface area contributed by atoms with Crippen LogP contribution in [0.3, 0.4) is 0 Å². The predicted molar refractivity (Wildman–Crippen MR) is 134 cm³/mol. The van der Waals surface area contributed by atoms with Gasteiger partial charge in [-0.15, -0.1) is 0 Å². The van der Waals surface area contributed by atoms with E-state index in [1.54, 1.807) is 0 Å². The van der Waals surface area contributed by atoms with E-state index < -0.39 is 12.2 Å². The Morgan fingerprint density at radius 3 is 1.50 bits per heavy atom. The van der Waals surface area contributed by atoms with Crippen LogP contribution >= 0.6 is 0 Å². The van der Waals surface area contributed by atoms with Crippen LogP contribution in [-0.2, 0) is 0 Å². The van der Waals surface area contributed by atoms with E-state index in [0.717, 1.165) is 46.6 Å². The highest BCUT2D eigenvalue weighted by molar-refractivity contribution is 5.74. The quantitative estimate of drug-likeness (QED) is 0.189. The van der Waals surface area contributed by atoms with Gasteiger partial charge in [0.15, 0.2) is 0 Å². The lowest BCUT2D eigenvalue weighted by Crippen LogP contribution is -2.30. The molecule has 2 atom stereocenters. The number of hydrogen-bond acceptors (Lipinski definition) is 8. The normalized spacial score (nSPS) is 13.0. The highest BCUT2D eigenvalue weighted by Gasteiger charge is 2.12. The van der Waals surface area contributed by atoms with Crippen LogP contribution in [0.5, 0.6) is 11.5 Å². The third-order valence-corrected chi connectivity index (χ3v) is 5.55. The number of ether oxygens (including phenoxy) is 2. The number of hydrogen-bond donors (Lipinski definition) is 6. The van der Waals surface area contributed by atoms with Crippen molar-refractivity contribution in [2.24, 2.45) is 0 Å². The number of nitrogens with one attached hydrogen (secondary N) is 2. The van der Waals surface area contributed by atoms with E-state index in [0.29, 0.717) is 39.4 Å². The standard InChI is InChI=1S/C26H40N2O6/c1-19-23(7-3-9-25(19)33-13-5-11-27-15-21(31)17-29)24-8-4-10-26(20(24)2)34-14-6-12-28-16-22(32)18-30/h3-4,7-10,21-22,27-32H,5-6,11-18H2,1-2H3. The summed E-state index contributed by atoms with van der Waals surface area (Å²) >= 11 is 0. The minimum atomic E-state index is -0.731. The summed E-state index contributed by atoms with van der Waals surface area (Å²) in [6.07, 6.45) is 0.117. The second kappa shape index (κ2) is 15.7. The molecule has 0 aliphatic heterocycles. The van der Waals surface area contributed by atoms with Crippen molar-refractivity contribution in [2.45, 2.75) is 38.9 Å². The lowest BCUT2D eigenvalue weighted by atomic mass is 9.95. The smallest absolute Gasteiger partial charge is 0.122 e. The minimum absolute atomic E-state index is 0.241. The first kappa shape index (κ1) is 28.0. The van der Waals surface area contributed by atoms with E-state index in [9.17, 15) is 10.2 Å². The average molecular weight is 477 g/mol. The first-order valence-corrected chi connectivity index (χ1v) is 11.9. The van der Waals surface area contributed by atoms with Gasteiger partial charge in [-0.3, -0.25) is 0 Å². The molecule has 0 radical (unpaired) electrons. The van der Waals surface area contributed by atoms with Gasteiger partial charge in [-0.25, -0.2) is 0 Å². The summed E-state index contributed by atoms with van der Waals surface area (Å²) in [6.45, 7) is 6.87. The SMILES string of the molecule is Cc1c(OCCCNCC(O)CO)cccc1-c1cccc(OCCCNCC(O)CO)c1C. The maximum atomic E-state index is 9.35. The summed E-state index contributed by atoms with van der Waals surface area (Å²) < 4.78 is 12.0. The fraction of sp³-hybridized carbons (Fsp3) is 0.538. The van der Waals surface area contributed by atoms with Gasteiger partial charge in [0, 0.05) is 13.1 Å². The van der Waals surface area contributed by atoms with E-state index in [4.69, 9.17) is 19.7 Å². The molecule has 2 aromatic rings. The number of rotatable bonds is 17.